The number of ether oxygens (including phenoxy) is 3. The molecule has 0 radical (unpaired) electrons. The summed E-state index contributed by atoms with van der Waals surface area (Å²) >= 11 is 0. The van der Waals surface area contributed by atoms with E-state index in [2.05, 4.69) is 9.84 Å². The fourth-order valence-corrected chi connectivity index (χ4v) is 2.24. The van der Waals surface area contributed by atoms with E-state index in [1.165, 1.54) is 19.1 Å². The zero-order valence-electron chi connectivity index (χ0n) is 11.9. The van der Waals surface area contributed by atoms with Crippen molar-refractivity contribution in [3.8, 4) is 17.2 Å². The van der Waals surface area contributed by atoms with Gasteiger partial charge in [-0.1, -0.05) is 6.07 Å². The van der Waals surface area contributed by atoms with E-state index in [9.17, 15) is 18.0 Å². The summed E-state index contributed by atoms with van der Waals surface area (Å²) in [5.41, 5.74) is -1.85. The maximum atomic E-state index is 13.4. The smallest absolute Gasteiger partial charge is 0.434 e. The number of alkyl halides is 3. The molecule has 0 aliphatic carbocycles. The lowest BCUT2D eigenvalue weighted by Gasteiger charge is -2.13. The molecule has 23 heavy (non-hydrogen) atoms. The Labute approximate surface area is 128 Å². The van der Waals surface area contributed by atoms with E-state index >= 15 is 0 Å². The summed E-state index contributed by atoms with van der Waals surface area (Å²) in [6, 6.07) is 4.47. The van der Waals surface area contributed by atoms with Gasteiger partial charge in [-0.15, -0.1) is 0 Å². The van der Waals surface area contributed by atoms with Gasteiger partial charge >= 0.3 is 12.1 Å². The Balaban J connectivity index is 2.18. The molecule has 2 heterocycles. The monoisotopic (exact) mass is 328 g/mol. The van der Waals surface area contributed by atoms with Gasteiger partial charge in [-0.3, -0.25) is 0 Å². The number of benzene rings is 1. The van der Waals surface area contributed by atoms with Gasteiger partial charge < -0.3 is 14.2 Å². The number of fused-ring (bicyclic) bond motifs is 1. The van der Waals surface area contributed by atoms with Crippen molar-refractivity contribution < 1.29 is 32.2 Å². The van der Waals surface area contributed by atoms with Gasteiger partial charge in [0.15, 0.2) is 17.2 Å². The maximum absolute atomic E-state index is 13.4. The van der Waals surface area contributed by atoms with Gasteiger partial charge in [-0.25, -0.2) is 9.48 Å². The predicted molar refractivity (Wildman–Crippen MR) is 70.6 cm³/mol. The first-order chi connectivity index (χ1) is 10.9. The fraction of sp³-hybridized carbons (Fsp3) is 0.286. The van der Waals surface area contributed by atoms with Crippen molar-refractivity contribution in [3.05, 3.63) is 35.7 Å². The van der Waals surface area contributed by atoms with E-state index in [1.807, 2.05) is 0 Å². The lowest BCUT2D eigenvalue weighted by Crippen LogP contribution is -2.18. The Morgan fingerprint density at radius 3 is 2.87 bits per heavy atom. The van der Waals surface area contributed by atoms with Gasteiger partial charge in [-0.2, -0.15) is 18.3 Å². The third kappa shape index (κ3) is 2.58. The molecule has 1 aliphatic rings. The van der Waals surface area contributed by atoms with Crippen LogP contribution in [0.1, 0.15) is 23.0 Å². The molecule has 2 aromatic rings. The van der Waals surface area contributed by atoms with Crippen molar-refractivity contribution in [2.24, 2.45) is 0 Å². The van der Waals surface area contributed by atoms with Crippen molar-refractivity contribution in [2.75, 3.05) is 13.4 Å². The van der Waals surface area contributed by atoms with Gasteiger partial charge in [0.25, 0.3) is 0 Å². The van der Waals surface area contributed by atoms with Crippen LogP contribution in [-0.2, 0) is 10.9 Å². The van der Waals surface area contributed by atoms with Crippen molar-refractivity contribution in [1.82, 2.24) is 9.78 Å². The first kappa shape index (κ1) is 15.2. The number of nitrogens with zero attached hydrogens (tertiary/aromatic N) is 2. The number of rotatable bonds is 3. The molecule has 1 aromatic carbocycles. The predicted octanol–water partition coefficient (Wildman–Crippen LogP) is 2.80. The molecule has 1 aromatic heterocycles. The SMILES string of the molecule is CCOC(=O)c1cnn(-c2cccc3c2OCO3)c1C(F)(F)F. The van der Waals surface area contributed by atoms with E-state index in [-0.39, 0.29) is 24.8 Å². The molecule has 0 bridgehead atoms. The van der Waals surface area contributed by atoms with Crippen LogP contribution in [0.15, 0.2) is 24.4 Å². The molecule has 0 unspecified atom stereocenters. The molecule has 0 fully saturated rings. The molecule has 0 spiro atoms. The standard InChI is InChI=1S/C14H11F3N2O4/c1-2-21-13(20)8-6-18-19(12(8)14(15,16)17)9-4-3-5-10-11(9)23-7-22-10/h3-6H,2,7H2,1H3. The summed E-state index contributed by atoms with van der Waals surface area (Å²) in [6.07, 6.45) is -3.98. The number of halogens is 3. The summed E-state index contributed by atoms with van der Waals surface area (Å²) in [4.78, 5) is 11.8. The van der Waals surface area contributed by atoms with Gasteiger partial charge in [0.05, 0.1) is 12.8 Å². The topological polar surface area (TPSA) is 62.6 Å². The number of para-hydroxylation sites is 1. The van der Waals surface area contributed by atoms with Crippen molar-refractivity contribution >= 4 is 5.97 Å². The highest BCUT2D eigenvalue weighted by Crippen LogP contribution is 2.41. The van der Waals surface area contributed by atoms with Crippen LogP contribution in [0.4, 0.5) is 13.2 Å². The van der Waals surface area contributed by atoms with Gasteiger partial charge in [-0.05, 0) is 19.1 Å². The van der Waals surface area contributed by atoms with E-state index in [0.717, 1.165) is 6.20 Å². The normalized spacial score (nSPS) is 13.2. The van der Waals surface area contributed by atoms with Gasteiger partial charge in [0.1, 0.15) is 11.3 Å². The quantitative estimate of drug-likeness (QED) is 0.811. The van der Waals surface area contributed by atoms with Gasteiger partial charge in [0, 0.05) is 0 Å². The largest absolute Gasteiger partial charge is 0.462 e. The minimum Gasteiger partial charge on any atom is -0.462 e. The highest BCUT2D eigenvalue weighted by Gasteiger charge is 2.41. The third-order valence-corrected chi connectivity index (χ3v) is 3.14. The van der Waals surface area contributed by atoms with Crippen molar-refractivity contribution in [1.29, 1.82) is 0 Å². The van der Waals surface area contributed by atoms with Crippen LogP contribution in [0.3, 0.4) is 0 Å². The van der Waals surface area contributed by atoms with Crippen LogP contribution in [0.25, 0.3) is 5.69 Å². The zero-order chi connectivity index (χ0) is 16.6. The number of carbonyl (C=O) groups excluding carboxylic acids is 1. The summed E-state index contributed by atoms with van der Waals surface area (Å²) in [6.45, 7) is 1.36. The Kier molecular flexibility index (Phi) is 3.63. The van der Waals surface area contributed by atoms with Gasteiger partial charge in [0.2, 0.25) is 6.79 Å². The van der Waals surface area contributed by atoms with Crippen molar-refractivity contribution in [3.63, 3.8) is 0 Å². The highest BCUT2D eigenvalue weighted by atomic mass is 19.4. The molecular weight excluding hydrogens is 317 g/mol. The molecule has 0 N–H and O–H groups in total. The van der Waals surface area contributed by atoms with Crippen molar-refractivity contribution in [2.45, 2.75) is 13.1 Å². The molecule has 122 valence electrons. The van der Waals surface area contributed by atoms with Crippen LogP contribution in [0.2, 0.25) is 0 Å². The summed E-state index contributed by atoms with van der Waals surface area (Å²) in [7, 11) is 0. The summed E-state index contributed by atoms with van der Waals surface area (Å²) in [5.74, 6) is -0.642. The molecule has 0 amide bonds. The second-order valence-electron chi connectivity index (χ2n) is 4.55. The zero-order valence-corrected chi connectivity index (χ0v) is 11.9. The molecule has 1 aliphatic heterocycles. The van der Waals surface area contributed by atoms with Crippen LogP contribution in [0.5, 0.6) is 11.5 Å². The minimum atomic E-state index is -4.80. The Bertz CT molecular complexity index is 755. The summed E-state index contributed by atoms with van der Waals surface area (Å²) < 4.78 is 55.9. The second kappa shape index (κ2) is 5.49. The molecule has 3 rings (SSSR count). The Morgan fingerprint density at radius 1 is 1.39 bits per heavy atom. The highest BCUT2D eigenvalue weighted by molar-refractivity contribution is 5.91. The first-order valence-electron chi connectivity index (χ1n) is 6.64. The van der Waals surface area contributed by atoms with Crippen LogP contribution in [0, 0.1) is 0 Å². The third-order valence-electron chi connectivity index (χ3n) is 3.14. The number of hydrogen-bond acceptors (Lipinski definition) is 5. The number of aromatic nitrogens is 2. The molecule has 0 atom stereocenters. The second-order valence-corrected chi connectivity index (χ2v) is 4.55. The average molecular weight is 328 g/mol. The van der Waals surface area contributed by atoms with Crippen LogP contribution in [-0.4, -0.2) is 29.1 Å². The van der Waals surface area contributed by atoms with Crippen LogP contribution < -0.4 is 9.47 Å². The van der Waals surface area contributed by atoms with Crippen LogP contribution >= 0.6 is 0 Å². The van der Waals surface area contributed by atoms with E-state index in [1.54, 1.807) is 6.07 Å². The Hall–Kier alpha value is -2.71. The van der Waals surface area contributed by atoms with E-state index < -0.39 is 23.4 Å². The van der Waals surface area contributed by atoms with E-state index in [4.69, 9.17) is 9.47 Å². The van der Waals surface area contributed by atoms with E-state index in [0.29, 0.717) is 10.4 Å². The molecule has 0 saturated heterocycles. The Morgan fingerprint density at radius 2 is 2.17 bits per heavy atom. The molecular formula is C14H11F3N2O4. The fourth-order valence-electron chi connectivity index (χ4n) is 2.24. The minimum absolute atomic E-state index is 0.0304. The first-order valence-corrected chi connectivity index (χ1v) is 6.64. The summed E-state index contributed by atoms with van der Waals surface area (Å²) in [5, 5.41) is 3.69. The lowest BCUT2D eigenvalue weighted by molar-refractivity contribution is -0.143. The maximum Gasteiger partial charge on any atom is 0.434 e. The number of carbonyl (C=O) groups is 1. The number of hydrogen-bond donors (Lipinski definition) is 0. The molecule has 9 heteroatoms. The molecule has 0 saturated carbocycles. The lowest BCUT2D eigenvalue weighted by atomic mass is 10.2. The molecule has 6 nitrogen and oxygen atoms in total. The number of esters is 1. The average Bonchev–Trinajstić information content (AvgIpc) is 3.13.